The van der Waals surface area contributed by atoms with E-state index in [4.69, 9.17) is 28.5 Å². The quantitative estimate of drug-likeness (QED) is 0.0559. The minimum absolute atomic E-state index is 0.0201. The normalized spacial score (nSPS) is 13.0. The average Bonchev–Trinajstić information content (AvgIpc) is 3.53. The van der Waals surface area contributed by atoms with Crippen LogP contribution in [0.15, 0.2) is 102 Å². The summed E-state index contributed by atoms with van der Waals surface area (Å²) in [5.74, 6) is -1.42. The molecule has 2 heterocycles. The zero-order valence-electron chi connectivity index (χ0n) is 31.2. The van der Waals surface area contributed by atoms with E-state index in [1.54, 1.807) is 48.5 Å². The molecule has 3 amide bonds. The number of para-hydroxylation sites is 2. The van der Waals surface area contributed by atoms with Gasteiger partial charge in [0.2, 0.25) is 0 Å². The number of benzene rings is 4. The summed E-state index contributed by atoms with van der Waals surface area (Å²) < 4.78 is 57.3. The molecule has 5 aromatic rings. The summed E-state index contributed by atoms with van der Waals surface area (Å²) in [6, 6.07) is 25.6. The largest absolute Gasteiger partial charge is 0.491 e. The summed E-state index contributed by atoms with van der Waals surface area (Å²) in [4.78, 5) is 59.5. The summed E-state index contributed by atoms with van der Waals surface area (Å²) in [6.07, 6.45) is -1.30. The molecule has 0 aliphatic carbocycles. The minimum Gasteiger partial charge on any atom is -0.491 e. The van der Waals surface area contributed by atoms with Crippen LogP contribution in [0.3, 0.4) is 0 Å². The van der Waals surface area contributed by atoms with Gasteiger partial charge in [-0.05, 0) is 79.6 Å². The van der Waals surface area contributed by atoms with Gasteiger partial charge in [-0.3, -0.25) is 9.59 Å². The third kappa shape index (κ3) is 10.3. The lowest BCUT2D eigenvalue weighted by Gasteiger charge is -2.23. The number of fused-ring (bicyclic) bond motifs is 2. The van der Waals surface area contributed by atoms with Gasteiger partial charge in [-0.2, -0.15) is 4.31 Å². The molecule has 1 aliphatic rings. The van der Waals surface area contributed by atoms with E-state index in [0.717, 1.165) is 0 Å². The molecule has 1 fully saturated rings. The van der Waals surface area contributed by atoms with E-state index < -0.39 is 33.9 Å². The van der Waals surface area contributed by atoms with E-state index >= 15 is 0 Å². The fraction of sp³-hybridized carbons (Fsp3) is 0.293. The number of rotatable bonds is 19. The number of amides is 3. The van der Waals surface area contributed by atoms with Crippen LogP contribution in [0.2, 0.25) is 0 Å². The van der Waals surface area contributed by atoms with Crippen LogP contribution < -0.4 is 13.8 Å². The molecule has 298 valence electrons. The van der Waals surface area contributed by atoms with E-state index in [9.17, 15) is 27.6 Å². The maximum Gasteiger partial charge on any atom is 0.434 e. The Kier molecular flexibility index (Phi) is 13.8. The van der Waals surface area contributed by atoms with Gasteiger partial charge in [0.25, 0.3) is 21.8 Å². The lowest BCUT2D eigenvalue weighted by molar-refractivity contribution is -0.197. The Hall–Kier alpha value is -5.94. The first kappa shape index (κ1) is 40.7. The first-order valence-corrected chi connectivity index (χ1v) is 19.8. The Balaban J connectivity index is 1.19. The number of sulfonamides is 1. The van der Waals surface area contributed by atoms with E-state index in [2.05, 4.69) is 4.98 Å². The number of aryl methyl sites for hydroxylation is 1. The predicted molar refractivity (Wildman–Crippen MR) is 207 cm³/mol. The Morgan fingerprint density at radius 1 is 0.719 bits per heavy atom. The van der Waals surface area contributed by atoms with E-state index in [0.29, 0.717) is 75.5 Å². The molecule has 0 spiro atoms. The molecule has 1 saturated heterocycles. The second-order valence-electron chi connectivity index (χ2n) is 12.6. The monoisotopic (exact) mass is 799 g/mol. The number of ether oxygens (including phenoxy) is 5. The molecular formula is C41H41N3O12S. The zero-order chi connectivity index (χ0) is 40.2. The van der Waals surface area contributed by atoms with Gasteiger partial charge in [0.1, 0.15) is 12.4 Å². The third-order valence-corrected chi connectivity index (χ3v) is 10.4. The van der Waals surface area contributed by atoms with E-state index in [1.807, 2.05) is 6.92 Å². The maximum atomic E-state index is 14.4. The molecule has 6 rings (SSSR count). The van der Waals surface area contributed by atoms with Crippen molar-refractivity contribution in [1.82, 2.24) is 10.0 Å². The molecule has 0 N–H and O–H groups in total. The van der Waals surface area contributed by atoms with Crippen molar-refractivity contribution in [3.05, 3.63) is 103 Å². The van der Waals surface area contributed by atoms with Crippen LogP contribution in [0.5, 0.6) is 11.5 Å². The molecule has 0 radical (unpaired) electrons. The van der Waals surface area contributed by atoms with Crippen molar-refractivity contribution in [3.8, 4) is 11.5 Å². The lowest BCUT2D eigenvalue weighted by Crippen LogP contribution is -2.39. The van der Waals surface area contributed by atoms with Gasteiger partial charge in [0.05, 0.1) is 61.1 Å². The number of hydrogen-bond donors (Lipinski definition) is 0. The van der Waals surface area contributed by atoms with Gasteiger partial charge < -0.3 is 28.5 Å². The first-order valence-electron chi connectivity index (χ1n) is 18.3. The molecule has 1 aromatic heterocycles. The van der Waals surface area contributed by atoms with Crippen LogP contribution in [-0.4, -0.2) is 88.6 Å². The lowest BCUT2D eigenvalue weighted by atomic mass is 10.1. The molecule has 0 bridgehead atoms. The van der Waals surface area contributed by atoms with E-state index in [-0.39, 0.29) is 55.2 Å². The van der Waals surface area contributed by atoms with Crippen LogP contribution in [0.4, 0.5) is 10.5 Å². The van der Waals surface area contributed by atoms with Gasteiger partial charge in [-0.1, -0.05) is 36.4 Å². The molecule has 0 unspecified atom stereocenters. The second kappa shape index (κ2) is 19.3. The number of aromatic nitrogens is 1. The highest BCUT2D eigenvalue weighted by Gasteiger charge is 2.35. The van der Waals surface area contributed by atoms with Gasteiger partial charge in [-0.15, -0.1) is 5.06 Å². The Morgan fingerprint density at radius 3 is 1.88 bits per heavy atom. The summed E-state index contributed by atoms with van der Waals surface area (Å²) in [5.41, 5.74) is 1.64. The third-order valence-electron chi connectivity index (χ3n) is 8.69. The number of carbonyl (C=O) groups excluding carboxylic acids is 4. The number of imide groups is 1. The highest BCUT2D eigenvalue weighted by Crippen LogP contribution is 2.35. The first-order chi connectivity index (χ1) is 27.7. The molecule has 0 atom stereocenters. The number of carbonyl (C=O) groups is 4. The van der Waals surface area contributed by atoms with E-state index in [1.165, 1.54) is 48.5 Å². The fourth-order valence-corrected chi connectivity index (χ4v) is 7.17. The van der Waals surface area contributed by atoms with Crippen molar-refractivity contribution >= 4 is 61.4 Å². The minimum atomic E-state index is -4.62. The van der Waals surface area contributed by atoms with Crippen LogP contribution in [0, 0.1) is 0 Å². The number of pyridine rings is 1. The summed E-state index contributed by atoms with van der Waals surface area (Å²) >= 11 is 0. The van der Waals surface area contributed by atoms with Crippen molar-refractivity contribution in [2.24, 2.45) is 0 Å². The second-order valence-corrected chi connectivity index (χ2v) is 14.4. The standard InChI is InChI=1S/C41H41N3O12S/c1-2-51-23-24-52-25-26-53-27-28-54-31-16-14-30(15-17-31)44(41(48)55-40-33-7-3-5-9-35(33)42-36-10-6-4-8-34(36)40)57(49,50)32-18-11-29(12-19-32)13-22-39(47)56-43-37(45)20-21-38(43)46/h3-12,14-19H,2,13,20-28H2,1H3. The Labute approximate surface area is 329 Å². The molecule has 57 heavy (non-hydrogen) atoms. The van der Waals surface area contributed by atoms with Crippen molar-refractivity contribution in [3.63, 3.8) is 0 Å². The summed E-state index contributed by atoms with van der Waals surface area (Å²) in [7, 11) is -4.62. The van der Waals surface area contributed by atoms with Gasteiger partial charge in [0, 0.05) is 30.2 Å². The van der Waals surface area contributed by atoms with Crippen molar-refractivity contribution in [2.75, 3.05) is 50.6 Å². The van der Waals surface area contributed by atoms with Gasteiger partial charge >= 0.3 is 12.1 Å². The molecule has 0 saturated carbocycles. The van der Waals surface area contributed by atoms with Crippen molar-refractivity contribution in [2.45, 2.75) is 37.5 Å². The van der Waals surface area contributed by atoms with Crippen molar-refractivity contribution < 1.29 is 56.1 Å². The van der Waals surface area contributed by atoms with Gasteiger partial charge in [0.15, 0.2) is 5.75 Å². The van der Waals surface area contributed by atoms with Crippen molar-refractivity contribution in [1.29, 1.82) is 0 Å². The maximum absolute atomic E-state index is 14.4. The predicted octanol–water partition coefficient (Wildman–Crippen LogP) is 5.77. The fourth-order valence-electron chi connectivity index (χ4n) is 5.85. The number of hydroxylamine groups is 2. The summed E-state index contributed by atoms with van der Waals surface area (Å²) in [5, 5.41) is 1.48. The van der Waals surface area contributed by atoms with Crippen LogP contribution in [0.25, 0.3) is 21.8 Å². The smallest absolute Gasteiger partial charge is 0.434 e. The highest BCUT2D eigenvalue weighted by molar-refractivity contribution is 7.93. The molecule has 15 nitrogen and oxygen atoms in total. The molecule has 16 heteroatoms. The summed E-state index contributed by atoms with van der Waals surface area (Å²) in [6.45, 7) is 4.83. The topological polar surface area (TPSA) is 177 Å². The highest BCUT2D eigenvalue weighted by atomic mass is 32.2. The molecule has 1 aliphatic heterocycles. The van der Waals surface area contributed by atoms with Gasteiger partial charge in [-0.25, -0.2) is 23.0 Å². The Bertz CT molecular complexity index is 2250. The number of nitrogens with zero attached hydrogens (tertiary/aromatic N) is 3. The average molecular weight is 800 g/mol. The van der Waals surface area contributed by atoms with Crippen LogP contribution >= 0.6 is 0 Å². The van der Waals surface area contributed by atoms with Crippen LogP contribution in [0.1, 0.15) is 31.7 Å². The molecule has 4 aromatic carbocycles. The zero-order valence-corrected chi connectivity index (χ0v) is 32.0. The Morgan fingerprint density at radius 2 is 1.28 bits per heavy atom. The number of hydrogen-bond acceptors (Lipinski definition) is 13. The van der Waals surface area contributed by atoms with Crippen LogP contribution in [-0.2, 0) is 49.9 Å². The SMILES string of the molecule is CCOCCOCCOCCOc1ccc(N(C(=O)Oc2c3ccccc3nc3ccccc23)S(=O)(=O)c2ccc(CCC(=O)ON3C(=O)CCC3=O)cc2)cc1. The molecular weight excluding hydrogens is 759 g/mol. The number of anilines is 1.